The van der Waals surface area contributed by atoms with Gasteiger partial charge < -0.3 is 5.32 Å². The van der Waals surface area contributed by atoms with E-state index in [2.05, 4.69) is 47.0 Å². The summed E-state index contributed by atoms with van der Waals surface area (Å²) < 4.78 is 0. The average molecular weight is 278 g/mol. The minimum atomic E-state index is 0.724. The van der Waals surface area contributed by atoms with Crippen molar-refractivity contribution >= 4 is 11.3 Å². The SMILES string of the molecule is CC(C)=CCN1CCC(NCCc2ccsc2)CC1. The first kappa shape index (κ1) is 14.8. The zero-order valence-corrected chi connectivity index (χ0v) is 13.0. The van der Waals surface area contributed by atoms with Gasteiger partial charge in [0.25, 0.3) is 0 Å². The number of nitrogens with zero attached hydrogens (tertiary/aromatic N) is 1. The predicted molar refractivity (Wildman–Crippen MR) is 84.9 cm³/mol. The van der Waals surface area contributed by atoms with Crippen LogP contribution in [0.5, 0.6) is 0 Å². The van der Waals surface area contributed by atoms with E-state index in [4.69, 9.17) is 0 Å². The van der Waals surface area contributed by atoms with E-state index in [1.807, 2.05) is 0 Å². The molecule has 1 aliphatic heterocycles. The first-order valence-electron chi connectivity index (χ1n) is 7.34. The Morgan fingerprint density at radius 1 is 1.42 bits per heavy atom. The molecule has 0 spiro atoms. The molecule has 2 heterocycles. The van der Waals surface area contributed by atoms with Crippen LogP contribution in [0.3, 0.4) is 0 Å². The van der Waals surface area contributed by atoms with E-state index in [0.29, 0.717) is 0 Å². The molecule has 106 valence electrons. The first-order valence-corrected chi connectivity index (χ1v) is 8.28. The smallest absolute Gasteiger partial charge is 0.0165 e. The van der Waals surface area contributed by atoms with Crippen LogP contribution in [0.1, 0.15) is 32.3 Å². The summed E-state index contributed by atoms with van der Waals surface area (Å²) in [6.45, 7) is 9.08. The Morgan fingerprint density at radius 2 is 2.21 bits per heavy atom. The van der Waals surface area contributed by atoms with Crippen molar-refractivity contribution in [3.05, 3.63) is 34.0 Å². The van der Waals surface area contributed by atoms with Crippen LogP contribution < -0.4 is 5.32 Å². The Kier molecular flexibility index (Phi) is 6.08. The van der Waals surface area contributed by atoms with E-state index in [1.54, 1.807) is 11.3 Å². The lowest BCUT2D eigenvalue weighted by Gasteiger charge is -2.31. The van der Waals surface area contributed by atoms with Crippen molar-refractivity contribution in [2.24, 2.45) is 0 Å². The molecule has 1 aliphatic rings. The lowest BCUT2D eigenvalue weighted by Crippen LogP contribution is -2.43. The molecule has 0 aliphatic carbocycles. The lowest BCUT2D eigenvalue weighted by molar-refractivity contribution is 0.215. The van der Waals surface area contributed by atoms with Crippen molar-refractivity contribution in [2.75, 3.05) is 26.2 Å². The zero-order valence-electron chi connectivity index (χ0n) is 12.2. The Hall–Kier alpha value is -0.640. The highest BCUT2D eigenvalue weighted by atomic mass is 32.1. The van der Waals surface area contributed by atoms with Crippen LogP contribution in [-0.4, -0.2) is 37.1 Å². The molecule has 1 fully saturated rings. The Morgan fingerprint density at radius 3 is 2.84 bits per heavy atom. The molecule has 0 bridgehead atoms. The third kappa shape index (κ3) is 5.47. The van der Waals surface area contributed by atoms with E-state index >= 15 is 0 Å². The van der Waals surface area contributed by atoms with Gasteiger partial charge in [0.15, 0.2) is 0 Å². The van der Waals surface area contributed by atoms with E-state index in [0.717, 1.165) is 19.1 Å². The highest BCUT2D eigenvalue weighted by Crippen LogP contribution is 2.11. The maximum Gasteiger partial charge on any atom is 0.0165 e. The van der Waals surface area contributed by atoms with Gasteiger partial charge in [-0.25, -0.2) is 0 Å². The number of nitrogens with one attached hydrogen (secondary N) is 1. The van der Waals surface area contributed by atoms with Crippen LogP contribution >= 0.6 is 11.3 Å². The van der Waals surface area contributed by atoms with Crippen molar-refractivity contribution in [1.29, 1.82) is 0 Å². The van der Waals surface area contributed by atoms with E-state index in [-0.39, 0.29) is 0 Å². The summed E-state index contributed by atoms with van der Waals surface area (Å²) in [5, 5.41) is 8.13. The zero-order chi connectivity index (χ0) is 13.5. The molecule has 0 aromatic carbocycles. The van der Waals surface area contributed by atoms with Gasteiger partial charge in [0.2, 0.25) is 0 Å². The van der Waals surface area contributed by atoms with Crippen LogP contribution in [0.15, 0.2) is 28.5 Å². The van der Waals surface area contributed by atoms with Gasteiger partial charge in [-0.2, -0.15) is 11.3 Å². The molecule has 2 nitrogen and oxygen atoms in total. The van der Waals surface area contributed by atoms with Gasteiger partial charge in [0, 0.05) is 12.6 Å². The largest absolute Gasteiger partial charge is 0.314 e. The number of thiophene rings is 1. The highest BCUT2D eigenvalue weighted by Gasteiger charge is 2.17. The second-order valence-corrected chi connectivity index (χ2v) is 6.47. The fourth-order valence-corrected chi connectivity index (χ4v) is 3.19. The normalized spacial score (nSPS) is 17.6. The van der Waals surface area contributed by atoms with Crippen LogP contribution in [0.2, 0.25) is 0 Å². The third-order valence-electron chi connectivity index (χ3n) is 3.77. The van der Waals surface area contributed by atoms with Crippen molar-refractivity contribution in [3.8, 4) is 0 Å². The van der Waals surface area contributed by atoms with Crippen LogP contribution in [0.4, 0.5) is 0 Å². The second kappa shape index (κ2) is 7.83. The summed E-state index contributed by atoms with van der Waals surface area (Å²) in [5.41, 5.74) is 2.90. The number of allylic oxidation sites excluding steroid dienone is 1. The lowest BCUT2D eigenvalue weighted by atomic mass is 10.0. The molecule has 0 saturated carbocycles. The maximum atomic E-state index is 3.71. The molecule has 3 heteroatoms. The monoisotopic (exact) mass is 278 g/mol. The standard InChI is InChI=1S/C16H26N2S/c1-14(2)4-9-18-10-5-16(6-11-18)17-8-3-15-7-12-19-13-15/h4,7,12-13,16-17H,3,5-6,8-11H2,1-2H3. The molecule has 0 amide bonds. The summed E-state index contributed by atoms with van der Waals surface area (Å²) in [6.07, 6.45) is 6.09. The van der Waals surface area contributed by atoms with E-state index in [1.165, 1.54) is 43.5 Å². The molecule has 1 saturated heterocycles. The van der Waals surface area contributed by atoms with Crippen LogP contribution in [-0.2, 0) is 6.42 Å². The Bertz CT molecular complexity index is 371. The Labute approximate surface area is 121 Å². The van der Waals surface area contributed by atoms with Crippen molar-refractivity contribution in [1.82, 2.24) is 10.2 Å². The number of hydrogen-bond donors (Lipinski definition) is 1. The molecule has 0 atom stereocenters. The Balaban J connectivity index is 1.59. The second-order valence-electron chi connectivity index (χ2n) is 5.69. The average Bonchev–Trinajstić information content (AvgIpc) is 2.91. The molecule has 1 aromatic heterocycles. The number of likely N-dealkylation sites (tertiary alicyclic amines) is 1. The molecule has 1 N–H and O–H groups in total. The van der Waals surface area contributed by atoms with Crippen LogP contribution in [0, 0.1) is 0 Å². The number of piperidine rings is 1. The number of rotatable bonds is 6. The van der Waals surface area contributed by atoms with E-state index < -0.39 is 0 Å². The fraction of sp³-hybridized carbons (Fsp3) is 0.625. The highest BCUT2D eigenvalue weighted by molar-refractivity contribution is 7.07. The molecule has 0 unspecified atom stereocenters. The van der Waals surface area contributed by atoms with Gasteiger partial charge in [-0.15, -0.1) is 0 Å². The van der Waals surface area contributed by atoms with Crippen molar-refractivity contribution in [3.63, 3.8) is 0 Å². The molecule has 1 aromatic rings. The minimum absolute atomic E-state index is 0.724. The van der Waals surface area contributed by atoms with Gasteiger partial charge in [-0.05, 0) is 75.1 Å². The minimum Gasteiger partial charge on any atom is -0.314 e. The molecular weight excluding hydrogens is 252 g/mol. The van der Waals surface area contributed by atoms with Gasteiger partial charge in [0.05, 0.1) is 0 Å². The maximum absolute atomic E-state index is 3.71. The molecule has 0 radical (unpaired) electrons. The van der Waals surface area contributed by atoms with Crippen LogP contribution in [0.25, 0.3) is 0 Å². The molecule has 19 heavy (non-hydrogen) atoms. The van der Waals surface area contributed by atoms with Gasteiger partial charge in [-0.1, -0.05) is 11.6 Å². The fourth-order valence-electron chi connectivity index (χ4n) is 2.49. The number of hydrogen-bond acceptors (Lipinski definition) is 3. The summed E-state index contributed by atoms with van der Waals surface area (Å²) >= 11 is 1.79. The van der Waals surface area contributed by atoms with Crippen molar-refractivity contribution < 1.29 is 0 Å². The molecular formula is C16H26N2S. The third-order valence-corrected chi connectivity index (χ3v) is 4.50. The predicted octanol–water partition coefficient (Wildman–Crippen LogP) is 3.31. The summed E-state index contributed by atoms with van der Waals surface area (Å²) in [7, 11) is 0. The quantitative estimate of drug-likeness (QED) is 0.803. The van der Waals surface area contributed by atoms with Gasteiger partial charge in [-0.3, -0.25) is 4.90 Å². The van der Waals surface area contributed by atoms with Gasteiger partial charge in [0.1, 0.15) is 0 Å². The van der Waals surface area contributed by atoms with Gasteiger partial charge >= 0.3 is 0 Å². The molecule has 2 rings (SSSR count). The topological polar surface area (TPSA) is 15.3 Å². The summed E-state index contributed by atoms with van der Waals surface area (Å²) in [5.74, 6) is 0. The summed E-state index contributed by atoms with van der Waals surface area (Å²) in [4.78, 5) is 2.56. The first-order chi connectivity index (χ1) is 9.24. The van der Waals surface area contributed by atoms with Crippen molar-refractivity contribution in [2.45, 2.75) is 39.2 Å². The summed E-state index contributed by atoms with van der Waals surface area (Å²) in [6, 6.07) is 2.95. The van der Waals surface area contributed by atoms with E-state index in [9.17, 15) is 0 Å².